The van der Waals surface area contributed by atoms with Crippen LogP contribution in [0.3, 0.4) is 0 Å². The summed E-state index contributed by atoms with van der Waals surface area (Å²) in [6.07, 6.45) is -0.418. The number of aliphatic hydroxyl groups excluding tert-OH is 1. The van der Waals surface area contributed by atoms with E-state index in [-0.39, 0.29) is 35.6 Å². The van der Waals surface area contributed by atoms with Gasteiger partial charge in [-0.25, -0.2) is 8.42 Å². The van der Waals surface area contributed by atoms with Crippen molar-refractivity contribution < 1.29 is 23.1 Å². The molecule has 0 aromatic heterocycles. The first-order chi connectivity index (χ1) is 15.1. The molecule has 0 aliphatic carbocycles. The Morgan fingerprint density at radius 3 is 2.59 bits per heavy atom. The van der Waals surface area contributed by atoms with Crippen molar-refractivity contribution >= 4 is 15.9 Å². The average molecular weight is 461 g/mol. The molecule has 0 saturated heterocycles. The van der Waals surface area contributed by atoms with E-state index in [2.05, 4.69) is 0 Å². The summed E-state index contributed by atoms with van der Waals surface area (Å²) in [6.45, 7) is 7.29. The maximum Gasteiger partial charge on any atom is 0.247 e. The summed E-state index contributed by atoms with van der Waals surface area (Å²) >= 11 is 0. The lowest BCUT2D eigenvalue weighted by Gasteiger charge is -2.37. The molecule has 0 spiro atoms. The number of hydrogen-bond acceptors (Lipinski definition) is 5. The van der Waals surface area contributed by atoms with Crippen molar-refractivity contribution in [1.82, 2.24) is 9.21 Å². The third kappa shape index (κ3) is 4.82. The van der Waals surface area contributed by atoms with Crippen molar-refractivity contribution in [2.24, 2.45) is 5.92 Å². The summed E-state index contributed by atoms with van der Waals surface area (Å²) in [5, 5.41) is 9.73. The molecule has 0 fully saturated rings. The third-order valence-electron chi connectivity index (χ3n) is 6.11. The van der Waals surface area contributed by atoms with E-state index in [4.69, 9.17) is 4.74 Å². The summed E-state index contributed by atoms with van der Waals surface area (Å²) in [5.41, 5.74) is 2.91. The van der Waals surface area contributed by atoms with Gasteiger partial charge >= 0.3 is 0 Å². The highest BCUT2D eigenvalue weighted by Gasteiger charge is 2.38. The third-order valence-corrected chi connectivity index (χ3v) is 8.13. The highest BCUT2D eigenvalue weighted by atomic mass is 32.2. The molecule has 3 rings (SSSR count). The van der Waals surface area contributed by atoms with Crippen LogP contribution in [-0.4, -0.2) is 67.5 Å². The van der Waals surface area contributed by atoms with Gasteiger partial charge in [0, 0.05) is 32.5 Å². The number of aryl methyl sites for hydroxylation is 1. The van der Waals surface area contributed by atoms with Crippen molar-refractivity contribution in [2.45, 2.75) is 44.7 Å². The minimum Gasteiger partial charge on any atom is -0.487 e. The number of benzene rings is 2. The molecule has 174 valence electrons. The maximum absolute atomic E-state index is 13.5. The maximum atomic E-state index is 13.5. The lowest BCUT2D eigenvalue weighted by Crippen LogP contribution is -2.50. The molecule has 1 aliphatic heterocycles. The van der Waals surface area contributed by atoms with E-state index >= 15 is 0 Å². The number of aliphatic hydroxyl groups is 1. The molecule has 0 bridgehead atoms. The van der Waals surface area contributed by atoms with E-state index in [0.29, 0.717) is 6.54 Å². The molecule has 1 heterocycles. The second kappa shape index (κ2) is 9.60. The van der Waals surface area contributed by atoms with Gasteiger partial charge in [0.2, 0.25) is 15.9 Å². The van der Waals surface area contributed by atoms with Crippen molar-refractivity contribution in [3.05, 3.63) is 48.0 Å². The summed E-state index contributed by atoms with van der Waals surface area (Å²) in [7, 11) is -2.20. The van der Waals surface area contributed by atoms with Crippen LogP contribution in [0.15, 0.2) is 47.4 Å². The van der Waals surface area contributed by atoms with Gasteiger partial charge in [0.25, 0.3) is 0 Å². The van der Waals surface area contributed by atoms with Gasteiger partial charge in [-0.15, -0.1) is 0 Å². The molecule has 32 heavy (non-hydrogen) atoms. The van der Waals surface area contributed by atoms with Crippen LogP contribution < -0.4 is 4.74 Å². The molecular formula is C24H32N2O5S. The topological polar surface area (TPSA) is 87.2 Å². The Hall–Kier alpha value is -2.42. The summed E-state index contributed by atoms with van der Waals surface area (Å²) < 4.78 is 34.7. The van der Waals surface area contributed by atoms with E-state index in [1.54, 1.807) is 37.1 Å². The van der Waals surface area contributed by atoms with Crippen molar-refractivity contribution in [2.75, 3.05) is 26.7 Å². The van der Waals surface area contributed by atoms with Gasteiger partial charge in [-0.3, -0.25) is 4.79 Å². The summed E-state index contributed by atoms with van der Waals surface area (Å²) in [6, 6.07) is 12.4. The van der Waals surface area contributed by atoms with Gasteiger partial charge in [-0.05, 0) is 42.7 Å². The average Bonchev–Trinajstić information content (AvgIpc) is 2.75. The standard InChI is InChI=1S/C24H32N2O5S/c1-16-8-6-7-9-21(16)20-10-11-24-22(12-20)31-23(14-25(5)19(4)28)17(2)13-26(18(3)15-27)32(24,29)30/h6-12,17-18,23,27H,13-15H2,1-5H3/t17-,18-,23-/m1/s1. The van der Waals surface area contributed by atoms with Gasteiger partial charge in [0.1, 0.15) is 16.7 Å². The van der Waals surface area contributed by atoms with E-state index in [9.17, 15) is 18.3 Å². The van der Waals surface area contributed by atoms with Gasteiger partial charge in [0.05, 0.1) is 13.2 Å². The molecule has 0 unspecified atom stereocenters. The number of sulfonamides is 1. The molecule has 1 aliphatic rings. The van der Waals surface area contributed by atoms with Crippen LogP contribution >= 0.6 is 0 Å². The van der Waals surface area contributed by atoms with E-state index < -0.39 is 22.2 Å². The molecule has 2 aromatic rings. The molecule has 8 heteroatoms. The highest BCUT2D eigenvalue weighted by Crippen LogP contribution is 2.37. The monoisotopic (exact) mass is 460 g/mol. The van der Waals surface area contributed by atoms with Gasteiger partial charge in [-0.2, -0.15) is 4.31 Å². The first-order valence-corrected chi connectivity index (χ1v) is 12.2. The Labute approximate surface area is 190 Å². The van der Waals surface area contributed by atoms with Crippen molar-refractivity contribution in [3.8, 4) is 16.9 Å². The quantitative estimate of drug-likeness (QED) is 0.741. The van der Waals surface area contributed by atoms with E-state index in [1.165, 1.54) is 11.2 Å². The Kier molecular flexibility index (Phi) is 7.27. The Morgan fingerprint density at radius 2 is 1.97 bits per heavy atom. The molecule has 3 atom stereocenters. The first kappa shape index (κ1) is 24.2. The zero-order valence-electron chi connectivity index (χ0n) is 19.3. The number of ether oxygens (including phenoxy) is 1. The predicted molar refractivity (Wildman–Crippen MR) is 124 cm³/mol. The first-order valence-electron chi connectivity index (χ1n) is 10.8. The lowest BCUT2D eigenvalue weighted by atomic mass is 10.00. The highest BCUT2D eigenvalue weighted by molar-refractivity contribution is 7.89. The second-order valence-corrected chi connectivity index (χ2v) is 10.5. The molecule has 1 amide bonds. The Bertz CT molecular complexity index is 1090. The second-order valence-electron chi connectivity index (χ2n) is 8.62. The number of hydrogen-bond donors (Lipinski definition) is 1. The number of rotatable bonds is 5. The fraction of sp³-hybridized carbons (Fsp3) is 0.458. The fourth-order valence-electron chi connectivity index (χ4n) is 3.91. The van der Waals surface area contributed by atoms with Crippen molar-refractivity contribution in [3.63, 3.8) is 0 Å². The zero-order valence-corrected chi connectivity index (χ0v) is 20.1. The molecule has 0 saturated carbocycles. The van der Waals surface area contributed by atoms with Crippen molar-refractivity contribution in [1.29, 1.82) is 0 Å². The van der Waals surface area contributed by atoms with Crippen LogP contribution in [0.25, 0.3) is 11.1 Å². The van der Waals surface area contributed by atoms with Crippen LogP contribution in [0.5, 0.6) is 5.75 Å². The van der Waals surface area contributed by atoms with Gasteiger partial charge in [0.15, 0.2) is 0 Å². The molecular weight excluding hydrogens is 428 g/mol. The van der Waals surface area contributed by atoms with E-state index in [0.717, 1.165) is 16.7 Å². The summed E-state index contributed by atoms with van der Waals surface area (Å²) in [4.78, 5) is 13.5. The number of carbonyl (C=O) groups is 1. The number of likely N-dealkylation sites (N-methyl/N-ethyl adjacent to an activating group) is 1. The molecule has 2 aromatic carbocycles. The van der Waals surface area contributed by atoms with Crippen LogP contribution in [0.4, 0.5) is 0 Å². The fourth-order valence-corrected chi connectivity index (χ4v) is 5.73. The number of nitrogens with zero attached hydrogens (tertiary/aromatic N) is 2. The molecule has 7 nitrogen and oxygen atoms in total. The normalized spacial score (nSPS) is 21.6. The minimum absolute atomic E-state index is 0.0671. The minimum atomic E-state index is -3.90. The van der Waals surface area contributed by atoms with Crippen LogP contribution in [0.1, 0.15) is 26.3 Å². The Morgan fingerprint density at radius 1 is 1.28 bits per heavy atom. The lowest BCUT2D eigenvalue weighted by molar-refractivity contribution is -0.129. The van der Waals surface area contributed by atoms with Crippen LogP contribution in [0.2, 0.25) is 0 Å². The Balaban J connectivity index is 2.16. The van der Waals surface area contributed by atoms with Gasteiger partial charge < -0.3 is 14.7 Å². The van der Waals surface area contributed by atoms with Gasteiger partial charge in [-0.1, -0.05) is 37.3 Å². The van der Waals surface area contributed by atoms with E-state index in [1.807, 2.05) is 38.1 Å². The van der Waals surface area contributed by atoms with Crippen LogP contribution in [-0.2, 0) is 14.8 Å². The smallest absolute Gasteiger partial charge is 0.247 e. The summed E-state index contributed by atoms with van der Waals surface area (Å²) in [5.74, 6) is -0.0461. The number of carbonyl (C=O) groups excluding carboxylic acids is 1. The SMILES string of the molecule is CC(=O)N(C)C[C@H]1Oc2cc(-c3ccccc3C)ccc2S(=O)(=O)N([C@H](C)CO)C[C@H]1C. The largest absolute Gasteiger partial charge is 0.487 e. The number of amides is 1. The van der Waals surface area contributed by atoms with Crippen LogP contribution in [0, 0.1) is 12.8 Å². The predicted octanol–water partition coefficient (Wildman–Crippen LogP) is 2.91. The molecule has 0 radical (unpaired) electrons. The molecule has 1 N–H and O–H groups in total. The number of fused-ring (bicyclic) bond motifs is 1. The zero-order chi connectivity index (χ0) is 23.6.